The number of aliphatic carboxylic acids is 1. The number of fused-ring (bicyclic) bond motifs is 2. The molecule has 4 nitrogen and oxygen atoms in total. The van der Waals surface area contributed by atoms with E-state index in [1.165, 1.54) is 0 Å². The Labute approximate surface area is 69.5 Å². The third-order valence-electron chi connectivity index (χ3n) is 2.93. The van der Waals surface area contributed by atoms with Crippen LogP contribution < -0.4 is 0 Å². The summed E-state index contributed by atoms with van der Waals surface area (Å²) >= 11 is 0. The molecule has 2 fully saturated rings. The van der Waals surface area contributed by atoms with Crippen molar-refractivity contribution in [3.63, 3.8) is 0 Å². The third-order valence-corrected chi connectivity index (χ3v) is 2.93. The summed E-state index contributed by atoms with van der Waals surface area (Å²) in [6.07, 6.45) is 1.44. The number of esters is 1. The van der Waals surface area contributed by atoms with Gasteiger partial charge in [0.25, 0.3) is 0 Å². The Morgan fingerprint density at radius 1 is 1.58 bits per heavy atom. The SMILES string of the molecule is CC12CCC(C(=O)O)(C1)OC2=O. The van der Waals surface area contributed by atoms with Gasteiger partial charge in [-0.1, -0.05) is 0 Å². The quantitative estimate of drug-likeness (QED) is 0.584. The summed E-state index contributed by atoms with van der Waals surface area (Å²) < 4.78 is 4.87. The molecule has 1 heterocycles. The number of rotatable bonds is 1. The fourth-order valence-electron chi connectivity index (χ4n) is 2.07. The van der Waals surface area contributed by atoms with Crippen LogP contribution in [0.3, 0.4) is 0 Å². The number of carbonyl (C=O) groups is 2. The van der Waals surface area contributed by atoms with Crippen molar-refractivity contribution in [1.82, 2.24) is 0 Å². The van der Waals surface area contributed by atoms with Gasteiger partial charge in [-0.15, -0.1) is 0 Å². The van der Waals surface area contributed by atoms with Gasteiger partial charge in [0.15, 0.2) is 0 Å². The molecule has 2 rings (SSSR count). The van der Waals surface area contributed by atoms with Gasteiger partial charge < -0.3 is 9.84 Å². The van der Waals surface area contributed by atoms with Crippen molar-refractivity contribution < 1.29 is 19.4 Å². The van der Waals surface area contributed by atoms with Crippen LogP contribution in [0.5, 0.6) is 0 Å². The molecule has 0 aromatic carbocycles. The van der Waals surface area contributed by atoms with E-state index in [-0.39, 0.29) is 5.97 Å². The first kappa shape index (κ1) is 7.58. The number of carbonyl (C=O) groups excluding carboxylic acids is 1. The smallest absolute Gasteiger partial charge is 0.348 e. The molecule has 4 heteroatoms. The van der Waals surface area contributed by atoms with Crippen molar-refractivity contribution >= 4 is 11.9 Å². The van der Waals surface area contributed by atoms with E-state index in [4.69, 9.17) is 9.84 Å². The second kappa shape index (κ2) is 1.81. The highest BCUT2D eigenvalue weighted by atomic mass is 16.6. The Morgan fingerprint density at radius 2 is 2.25 bits per heavy atom. The predicted octanol–water partition coefficient (Wildman–Crippen LogP) is 0.557. The van der Waals surface area contributed by atoms with E-state index in [9.17, 15) is 9.59 Å². The van der Waals surface area contributed by atoms with Crippen LogP contribution in [0.15, 0.2) is 0 Å². The molecule has 2 unspecified atom stereocenters. The summed E-state index contributed by atoms with van der Waals surface area (Å²) in [6.45, 7) is 1.77. The van der Waals surface area contributed by atoms with Gasteiger partial charge in [0.05, 0.1) is 5.41 Å². The lowest BCUT2D eigenvalue weighted by atomic mass is 9.90. The number of carboxylic acid groups (broad SMARTS) is 1. The highest BCUT2D eigenvalue weighted by Crippen LogP contribution is 2.53. The van der Waals surface area contributed by atoms with Crippen molar-refractivity contribution in [1.29, 1.82) is 0 Å². The maximum absolute atomic E-state index is 11.2. The molecule has 0 aromatic rings. The maximum Gasteiger partial charge on any atom is 0.348 e. The van der Waals surface area contributed by atoms with E-state index in [0.29, 0.717) is 19.3 Å². The number of hydrogen-bond acceptors (Lipinski definition) is 3. The average molecular weight is 170 g/mol. The van der Waals surface area contributed by atoms with Crippen LogP contribution in [-0.4, -0.2) is 22.6 Å². The molecule has 2 bridgehead atoms. The Kier molecular flexibility index (Phi) is 1.14. The van der Waals surface area contributed by atoms with Crippen molar-refractivity contribution in [2.24, 2.45) is 5.41 Å². The highest BCUT2D eigenvalue weighted by molar-refractivity contribution is 5.90. The van der Waals surface area contributed by atoms with Gasteiger partial charge in [0.2, 0.25) is 5.60 Å². The minimum Gasteiger partial charge on any atom is -0.478 e. The molecule has 1 aliphatic heterocycles. The van der Waals surface area contributed by atoms with Crippen LogP contribution in [0, 0.1) is 5.41 Å². The number of ether oxygens (including phenoxy) is 1. The molecular weight excluding hydrogens is 160 g/mol. The molecule has 66 valence electrons. The fourth-order valence-corrected chi connectivity index (χ4v) is 2.07. The van der Waals surface area contributed by atoms with E-state index in [2.05, 4.69) is 0 Å². The maximum atomic E-state index is 11.2. The predicted molar refractivity (Wildman–Crippen MR) is 38.4 cm³/mol. The normalized spacial score (nSPS) is 44.6. The van der Waals surface area contributed by atoms with E-state index in [0.717, 1.165) is 0 Å². The minimum atomic E-state index is -1.19. The Morgan fingerprint density at radius 3 is 2.50 bits per heavy atom. The van der Waals surface area contributed by atoms with E-state index in [1.54, 1.807) is 6.92 Å². The van der Waals surface area contributed by atoms with E-state index in [1.807, 2.05) is 0 Å². The van der Waals surface area contributed by atoms with Gasteiger partial charge in [-0.05, 0) is 19.8 Å². The van der Waals surface area contributed by atoms with Crippen LogP contribution in [0.25, 0.3) is 0 Å². The van der Waals surface area contributed by atoms with Crippen LogP contribution >= 0.6 is 0 Å². The van der Waals surface area contributed by atoms with E-state index >= 15 is 0 Å². The molecule has 12 heavy (non-hydrogen) atoms. The molecule has 1 aliphatic carbocycles. The van der Waals surface area contributed by atoms with Crippen LogP contribution in [0.1, 0.15) is 26.2 Å². The standard InChI is InChI=1S/C8H10O4/c1-7-2-3-8(4-7,5(9)10)12-6(7)11/h2-4H2,1H3,(H,9,10). The second-order valence-corrected chi connectivity index (χ2v) is 3.93. The summed E-state index contributed by atoms with van der Waals surface area (Å²) in [5.74, 6) is -1.35. The van der Waals surface area contributed by atoms with Gasteiger partial charge in [-0.3, -0.25) is 4.79 Å². The first-order valence-electron chi connectivity index (χ1n) is 3.95. The van der Waals surface area contributed by atoms with Crippen LogP contribution in [0.2, 0.25) is 0 Å². The molecule has 0 amide bonds. The molecule has 1 saturated carbocycles. The second-order valence-electron chi connectivity index (χ2n) is 3.93. The molecule has 1 saturated heterocycles. The lowest BCUT2D eigenvalue weighted by Gasteiger charge is -2.22. The Balaban J connectivity index is 2.37. The van der Waals surface area contributed by atoms with Crippen LogP contribution in [0.4, 0.5) is 0 Å². The number of carboxylic acids is 1. The minimum absolute atomic E-state index is 0.341. The zero-order chi connectivity index (χ0) is 8.98. The summed E-state index contributed by atoms with van der Waals surface area (Å²) in [5.41, 5.74) is -1.72. The summed E-state index contributed by atoms with van der Waals surface area (Å²) in [4.78, 5) is 22.0. The Hall–Kier alpha value is -1.06. The van der Waals surface area contributed by atoms with Gasteiger partial charge in [0.1, 0.15) is 0 Å². The van der Waals surface area contributed by atoms with Crippen molar-refractivity contribution in [3.8, 4) is 0 Å². The van der Waals surface area contributed by atoms with Crippen molar-refractivity contribution in [2.45, 2.75) is 31.8 Å². The summed E-state index contributed by atoms with van der Waals surface area (Å²) in [7, 11) is 0. The highest BCUT2D eigenvalue weighted by Gasteiger charge is 2.63. The van der Waals surface area contributed by atoms with E-state index < -0.39 is 17.0 Å². The van der Waals surface area contributed by atoms with Gasteiger partial charge in [-0.25, -0.2) is 4.79 Å². The molecule has 0 radical (unpaired) electrons. The lowest BCUT2D eigenvalue weighted by Crippen LogP contribution is -2.37. The third kappa shape index (κ3) is 0.673. The molecule has 2 aliphatic rings. The largest absolute Gasteiger partial charge is 0.478 e. The molecule has 1 N–H and O–H groups in total. The monoisotopic (exact) mass is 170 g/mol. The van der Waals surface area contributed by atoms with Gasteiger partial charge >= 0.3 is 11.9 Å². The van der Waals surface area contributed by atoms with Crippen LogP contribution in [-0.2, 0) is 14.3 Å². The molecular formula is C8H10O4. The number of hydrogen-bond donors (Lipinski definition) is 1. The fraction of sp³-hybridized carbons (Fsp3) is 0.750. The van der Waals surface area contributed by atoms with Crippen molar-refractivity contribution in [2.75, 3.05) is 0 Å². The molecule has 2 atom stereocenters. The molecule has 0 aromatic heterocycles. The summed E-state index contributed by atoms with van der Waals surface area (Å²) in [5, 5.41) is 8.85. The van der Waals surface area contributed by atoms with Gasteiger partial charge in [0, 0.05) is 6.42 Å². The topological polar surface area (TPSA) is 63.6 Å². The Bertz CT molecular complexity index is 272. The van der Waals surface area contributed by atoms with Gasteiger partial charge in [-0.2, -0.15) is 0 Å². The lowest BCUT2D eigenvalue weighted by molar-refractivity contribution is -0.175. The zero-order valence-electron chi connectivity index (χ0n) is 6.79. The molecule has 0 spiro atoms. The zero-order valence-corrected chi connectivity index (χ0v) is 6.79. The first-order chi connectivity index (χ1) is 5.49. The van der Waals surface area contributed by atoms with Crippen molar-refractivity contribution in [3.05, 3.63) is 0 Å². The average Bonchev–Trinajstić information content (AvgIpc) is 2.41. The summed E-state index contributed by atoms with van der Waals surface area (Å²) in [6, 6.07) is 0. The first-order valence-corrected chi connectivity index (χ1v) is 3.95.